The van der Waals surface area contributed by atoms with Gasteiger partial charge in [0.25, 0.3) is 0 Å². The molecule has 0 fully saturated rings. The zero-order valence-corrected chi connectivity index (χ0v) is 22.1. The van der Waals surface area contributed by atoms with Gasteiger partial charge in [-0.25, -0.2) is 0 Å². The van der Waals surface area contributed by atoms with Gasteiger partial charge in [-0.15, -0.1) is 0 Å². The van der Waals surface area contributed by atoms with Crippen LogP contribution in [0.25, 0.3) is 5.69 Å². The maximum absolute atomic E-state index is 6.13. The van der Waals surface area contributed by atoms with E-state index in [1.165, 1.54) is 27.9 Å². The molecule has 6 heteroatoms. The van der Waals surface area contributed by atoms with Gasteiger partial charge in [0.05, 0.1) is 0 Å². The summed E-state index contributed by atoms with van der Waals surface area (Å²) in [6, 6.07) is 10.8. The summed E-state index contributed by atoms with van der Waals surface area (Å²) < 4.78 is 12.4. The molecule has 0 saturated heterocycles. The van der Waals surface area contributed by atoms with E-state index in [4.69, 9.17) is 24.1 Å². The third kappa shape index (κ3) is 6.75. The van der Waals surface area contributed by atoms with E-state index < -0.39 is 13.5 Å². The number of aromatic nitrogens is 2. The Morgan fingerprint density at radius 2 is 1.81 bits per heavy atom. The second kappa shape index (κ2) is 10.9. The first kappa shape index (κ1) is 24.2. The zero-order valence-electron chi connectivity index (χ0n) is 18.8. The predicted octanol–water partition coefficient (Wildman–Crippen LogP) is 6.19. The minimum absolute atomic E-state index is 0.116. The minimum atomic E-state index is -1.92. The molecule has 3 nitrogen and oxygen atoms in total. The minimum Gasteiger partial charge on any atom is -0.0521 e. The van der Waals surface area contributed by atoms with E-state index in [2.05, 4.69) is 72.9 Å². The van der Waals surface area contributed by atoms with Crippen LogP contribution in [0.4, 0.5) is 0 Å². The van der Waals surface area contributed by atoms with Crippen LogP contribution in [0, 0.1) is 20.8 Å². The van der Waals surface area contributed by atoms with Gasteiger partial charge in [0.15, 0.2) is 0 Å². The predicted molar refractivity (Wildman–Crippen MR) is 128 cm³/mol. The molecule has 0 aliphatic heterocycles. The molecule has 31 heavy (non-hydrogen) atoms. The van der Waals surface area contributed by atoms with E-state index in [1.807, 2.05) is 24.5 Å². The van der Waals surface area contributed by atoms with Gasteiger partial charge < -0.3 is 0 Å². The molecule has 0 unspecified atom stereocenters. The number of halogens is 2. The van der Waals surface area contributed by atoms with E-state index >= 15 is 0 Å². The van der Waals surface area contributed by atoms with Crippen molar-refractivity contribution >= 4 is 24.0 Å². The fraction of sp³-hybridized carbons (Fsp3) is 0.360. The number of aryl methyl sites for hydroxylation is 5. The number of nitrogens with zero attached hydrogens (tertiary/aromatic N) is 2. The first-order chi connectivity index (χ1) is 14.7. The smallest absolute Gasteiger partial charge is 0.0521 e. The summed E-state index contributed by atoms with van der Waals surface area (Å²) in [4.78, 5) is 0. The average Bonchev–Trinajstić information content (AvgIpc) is 3.10. The molecule has 3 rings (SSSR count). The van der Waals surface area contributed by atoms with Crippen LogP contribution in [0.15, 0.2) is 49.1 Å². The van der Waals surface area contributed by atoms with E-state index in [-0.39, 0.29) is 6.10 Å². The summed E-state index contributed by atoms with van der Waals surface area (Å²) in [5.74, 6) is 0.856. The Balaban J connectivity index is 1.68. The van der Waals surface area contributed by atoms with Gasteiger partial charge in [-0.2, -0.15) is 0 Å². The van der Waals surface area contributed by atoms with Crippen LogP contribution in [0.2, 0.25) is 0 Å². The van der Waals surface area contributed by atoms with Gasteiger partial charge in [-0.05, 0) is 20.8 Å². The van der Waals surface area contributed by atoms with E-state index in [0.29, 0.717) is 0 Å². The van der Waals surface area contributed by atoms with Crippen molar-refractivity contribution in [2.45, 2.75) is 60.1 Å². The number of hydrogen-bond acceptors (Lipinski definition) is 1. The van der Waals surface area contributed by atoms with Crippen molar-refractivity contribution in [3.05, 3.63) is 76.9 Å². The van der Waals surface area contributed by atoms with Gasteiger partial charge in [-0.3, -0.25) is 0 Å². The standard InChI is InChI=1S/C25H31N2O.2ClH.Ru/c1-18(2)28-24-10-9-23(16-20(24)4)8-7-11-26-12-13-27(17-26)25-21(5)14-19(3)15-22(25)6;;;/h4,9-10,12-18H,7-8,11H2,1-3,5-6H3;2*1H;/q+1;;;+2/p-2. The zero-order chi connectivity index (χ0) is 22.5. The van der Waals surface area contributed by atoms with Gasteiger partial charge in [0.1, 0.15) is 0 Å². The number of rotatable bonds is 8. The molecule has 0 atom stereocenters. The molecular formula is C25H31Cl2N2ORu+. The van der Waals surface area contributed by atoms with Gasteiger partial charge in [0, 0.05) is 0 Å². The number of ether oxygens (including phenoxy) is 1. The molecule has 3 aromatic rings. The van der Waals surface area contributed by atoms with Crippen molar-refractivity contribution in [2.24, 2.45) is 0 Å². The Labute approximate surface area is 199 Å². The van der Waals surface area contributed by atoms with Crippen LogP contribution >= 0.6 is 19.4 Å². The van der Waals surface area contributed by atoms with E-state index in [1.54, 1.807) is 0 Å². The summed E-state index contributed by atoms with van der Waals surface area (Å²) in [7, 11) is 12.3. The van der Waals surface area contributed by atoms with Crippen molar-refractivity contribution in [1.29, 1.82) is 0 Å². The molecule has 1 heterocycles. The fourth-order valence-corrected chi connectivity index (χ4v) is 5.77. The molecule has 168 valence electrons. The molecule has 0 amide bonds. The Bertz CT molecular complexity index is 1060. The van der Waals surface area contributed by atoms with Gasteiger partial charge in [0.2, 0.25) is 0 Å². The molecule has 0 spiro atoms. The van der Waals surface area contributed by atoms with Crippen LogP contribution in [0.3, 0.4) is 0 Å². The van der Waals surface area contributed by atoms with Crippen molar-refractivity contribution in [3.8, 4) is 11.4 Å². The molecule has 0 radical (unpaired) electrons. The second-order valence-corrected chi connectivity index (χ2v) is 14.0. The fourth-order valence-electron chi connectivity index (χ4n) is 3.98. The van der Waals surface area contributed by atoms with Crippen molar-refractivity contribution in [3.63, 3.8) is 0 Å². The van der Waals surface area contributed by atoms with Gasteiger partial charge >= 0.3 is 161 Å². The Kier molecular flexibility index (Phi) is 8.50. The van der Waals surface area contributed by atoms with Crippen molar-refractivity contribution < 1.29 is 22.8 Å². The molecule has 0 N–H and O–H groups in total. The summed E-state index contributed by atoms with van der Waals surface area (Å²) in [5, 5.41) is 0. The second-order valence-electron chi connectivity index (χ2n) is 8.26. The summed E-state index contributed by atoms with van der Waals surface area (Å²) in [5.41, 5.74) is 7.46. The average molecular weight is 548 g/mol. The van der Waals surface area contributed by atoms with Gasteiger partial charge in [-0.1, -0.05) is 17.7 Å². The van der Waals surface area contributed by atoms with E-state index in [9.17, 15) is 0 Å². The molecule has 1 aromatic heterocycles. The SMILES string of the molecule is Cc1cc(C)c(-n2cc[n+](CCCc3ccc(OC(C)C)c([CH]=[Ru]([Cl])[Cl])c3)c2)c(C)c1. The van der Waals surface area contributed by atoms with Crippen LogP contribution in [0.5, 0.6) is 5.75 Å². The monoisotopic (exact) mass is 547 g/mol. The quantitative estimate of drug-likeness (QED) is 0.243. The van der Waals surface area contributed by atoms with Crippen molar-refractivity contribution in [1.82, 2.24) is 4.57 Å². The van der Waals surface area contributed by atoms with Crippen LogP contribution in [-0.2, 0) is 26.5 Å². The first-order valence-electron chi connectivity index (χ1n) is 10.5. The number of imidazole rings is 1. The Morgan fingerprint density at radius 3 is 2.45 bits per heavy atom. The summed E-state index contributed by atoms with van der Waals surface area (Å²) >= 11 is -1.92. The number of benzene rings is 2. The molecule has 0 aliphatic carbocycles. The Hall–Kier alpha value is -1.48. The third-order valence-corrected chi connectivity index (χ3v) is 6.92. The molecular weight excluding hydrogens is 516 g/mol. The normalized spacial score (nSPS) is 11.7. The van der Waals surface area contributed by atoms with Crippen LogP contribution in [0.1, 0.15) is 48.1 Å². The first-order valence-corrected chi connectivity index (χ1v) is 16.0. The van der Waals surface area contributed by atoms with Crippen molar-refractivity contribution in [2.75, 3.05) is 0 Å². The molecule has 0 bridgehead atoms. The van der Waals surface area contributed by atoms with E-state index in [0.717, 1.165) is 30.7 Å². The summed E-state index contributed by atoms with van der Waals surface area (Å²) in [6.07, 6.45) is 8.62. The van der Waals surface area contributed by atoms with Crippen LogP contribution in [-0.4, -0.2) is 15.3 Å². The third-order valence-electron chi connectivity index (χ3n) is 5.09. The number of hydrogen-bond donors (Lipinski definition) is 0. The Morgan fingerprint density at radius 1 is 1.10 bits per heavy atom. The maximum atomic E-state index is 6.13. The summed E-state index contributed by atoms with van der Waals surface area (Å²) in [6.45, 7) is 11.5. The molecule has 0 aliphatic rings. The molecule has 0 saturated carbocycles. The van der Waals surface area contributed by atoms with Crippen LogP contribution < -0.4 is 9.30 Å². The molecule has 2 aromatic carbocycles. The topological polar surface area (TPSA) is 18.0 Å².